The molecule has 0 heterocycles. The molecule has 0 amide bonds. The van der Waals surface area contributed by atoms with Crippen LogP contribution in [0.5, 0.6) is 0 Å². The fourth-order valence-corrected chi connectivity index (χ4v) is 10.3. The Morgan fingerprint density at radius 3 is 0.735 bits per heavy atom. The molecule has 6 nitrogen and oxygen atoms in total. The van der Waals surface area contributed by atoms with Crippen molar-refractivity contribution in [2.45, 2.75) is 361 Å². The third-order valence-corrected chi connectivity index (χ3v) is 15.6. The van der Waals surface area contributed by atoms with Gasteiger partial charge in [-0.2, -0.15) is 0 Å². The Bertz CT molecular complexity index is 1610. The van der Waals surface area contributed by atoms with Crippen LogP contribution >= 0.6 is 0 Å². The summed E-state index contributed by atoms with van der Waals surface area (Å²) >= 11 is 0. The second-order valence-corrected chi connectivity index (χ2v) is 23.8. The lowest BCUT2D eigenvalue weighted by atomic mass is 10.0. The first kappa shape index (κ1) is 79.3. The Kier molecular flexibility index (Phi) is 67.7. The minimum absolute atomic E-state index is 0.0751. The largest absolute Gasteiger partial charge is 0.462 e. The third-order valence-electron chi connectivity index (χ3n) is 15.6. The van der Waals surface area contributed by atoms with Crippen LogP contribution < -0.4 is 0 Å². The van der Waals surface area contributed by atoms with Crippen molar-refractivity contribution in [1.82, 2.24) is 0 Å². The maximum absolute atomic E-state index is 12.9. The molecule has 0 aliphatic heterocycles. The number of rotatable bonds is 65. The highest BCUT2D eigenvalue weighted by molar-refractivity contribution is 5.71. The van der Waals surface area contributed by atoms with Gasteiger partial charge in [0, 0.05) is 19.3 Å². The average molecular weight is 1160 g/mol. The lowest BCUT2D eigenvalue weighted by Crippen LogP contribution is -2.30. The fourth-order valence-electron chi connectivity index (χ4n) is 10.3. The Hall–Kier alpha value is -3.67. The lowest BCUT2D eigenvalue weighted by Gasteiger charge is -2.18. The summed E-state index contributed by atoms with van der Waals surface area (Å²) < 4.78 is 16.9. The van der Waals surface area contributed by atoms with E-state index >= 15 is 0 Å². The zero-order valence-corrected chi connectivity index (χ0v) is 54.9. The van der Waals surface area contributed by atoms with E-state index in [0.29, 0.717) is 19.3 Å². The molecule has 83 heavy (non-hydrogen) atoms. The Morgan fingerprint density at radius 1 is 0.253 bits per heavy atom. The van der Waals surface area contributed by atoms with Crippen molar-refractivity contribution < 1.29 is 28.6 Å². The summed E-state index contributed by atoms with van der Waals surface area (Å²) in [6.07, 6.45) is 96.0. The highest BCUT2D eigenvalue weighted by atomic mass is 16.6. The summed E-state index contributed by atoms with van der Waals surface area (Å²) in [5.41, 5.74) is 0. The van der Waals surface area contributed by atoms with Crippen molar-refractivity contribution in [1.29, 1.82) is 0 Å². The van der Waals surface area contributed by atoms with Crippen LogP contribution in [0.4, 0.5) is 0 Å². The number of hydrogen-bond acceptors (Lipinski definition) is 6. The molecule has 0 saturated heterocycles. The van der Waals surface area contributed by atoms with Gasteiger partial charge in [-0.25, -0.2) is 0 Å². The van der Waals surface area contributed by atoms with E-state index in [1.165, 1.54) is 199 Å². The first-order valence-electron chi connectivity index (χ1n) is 35.7. The highest BCUT2D eigenvalue weighted by Gasteiger charge is 2.19. The van der Waals surface area contributed by atoms with Crippen LogP contribution in [0.25, 0.3) is 0 Å². The Labute approximate surface area is 515 Å². The highest BCUT2D eigenvalue weighted by Crippen LogP contribution is 2.18. The van der Waals surface area contributed by atoms with E-state index in [0.717, 1.165) is 116 Å². The molecule has 0 aromatic carbocycles. The molecule has 0 bridgehead atoms. The van der Waals surface area contributed by atoms with Crippen LogP contribution in [0.3, 0.4) is 0 Å². The summed E-state index contributed by atoms with van der Waals surface area (Å²) in [6, 6.07) is 0. The van der Waals surface area contributed by atoms with Crippen LogP contribution in [-0.2, 0) is 28.6 Å². The van der Waals surface area contributed by atoms with Crippen molar-refractivity contribution in [3.63, 3.8) is 0 Å². The van der Waals surface area contributed by atoms with Gasteiger partial charge >= 0.3 is 17.9 Å². The lowest BCUT2D eigenvalue weighted by molar-refractivity contribution is -0.167. The first-order chi connectivity index (χ1) is 41.0. The predicted octanol–water partition coefficient (Wildman–Crippen LogP) is 24.8. The second-order valence-electron chi connectivity index (χ2n) is 23.8. The third kappa shape index (κ3) is 69.0. The molecule has 1 unspecified atom stereocenters. The number of carbonyl (C=O) groups is 3. The van der Waals surface area contributed by atoms with Gasteiger partial charge in [-0.3, -0.25) is 14.4 Å². The second kappa shape index (κ2) is 70.8. The molecule has 1 atom stereocenters. The van der Waals surface area contributed by atoms with Gasteiger partial charge in [0.05, 0.1) is 0 Å². The van der Waals surface area contributed by atoms with Crippen molar-refractivity contribution >= 4 is 17.9 Å². The van der Waals surface area contributed by atoms with Crippen LogP contribution in [0.1, 0.15) is 355 Å². The quantitative estimate of drug-likeness (QED) is 0.0261. The minimum Gasteiger partial charge on any atom is -0.462 e. The Morgan fingerprint density at radius 2 is 0.470 bits per heavy atom. The summed E-state index contributed by atoms with van der Waals surface area (Å²) in [5.74, 6) is -0.871. The average Bonchev–Trinajstić information content (AvgIpc) is 3.49. The number of ether oxygens (including phenoxy) is 3. The smallest absolute Gasteiger partial charge is 0.306 e. The van der Waals surface area contributed by atoms with Crippen molar-refractivity contribution in [3.8, 4) is 0 Å². The van der Waals surface area contributed by atoms with Crippen LogP contribution in [0, 0.1) is 0 Å². The fraction of sp³-hybridized carbons (Fsp3) is 0.753. The van der Waals surface area contributed by atoms with E-state index in [1.54, 1.807) is 0 Å². The van der Waals surface area contributed by atoms with Gasteiger partial charge in [0.15, 0.2) is 6.10 Å². The van der Waals surface area contributed by atoms with Crippen molar-refractivity contribution in [3.05, 3.63) is 97.2 Å². The summed E-state index contributed by atoms with van der Waals surface area (Å²) in [4.78, 5) is 38.3. The maximum atomic E-state index is 12.9. The molecule has 0 aliphatic carbocycles. The molecule has 0 fully saturated rings. The van der Waals surface area contributed by atoms with E-state index in [-0.39, 0.29) is 31.1 Å². The van der Waals surface area contributed by atoms with Gasteiger partial charge in [-0.1, -0.05) is 349 Å². The number of esters is 3. The molecule has 6 heteroatoms. The van der Waals surface area contributed by atoms with Crippen LogP contribution in [0.15, 0.2) is 97.2 Å². The molecule has 0 radical (unpaired) electrons. The summed E-state index contributed by atoms with van der Waals surface area (Å²) in [5, 5.41) is 0. The maximum Gasteiger partial charge on any atom is 0.306 e. The van der Waals surface area contributed by atoms with Crippen LogP contribution in [0.2, 0.25) is 0 Å². The molecule has 478 valence electrons. The van der Waals surface area contributed by atoms with Gasteiger partial charge in [0.2, 0.25) is 0 Å². The van der Waals surface area contributed by atoms with E-state index in [1.807, 2.05) is 0 Å². The molecule has 0 aromatic heterocycles. The zero-order valence-electron chi connectivity index (χ0n) is 54.9. The summed E-state index contributed by atoms with van der Waals surface area (Å²) in [7, 11) is 0. The Balaban J connectivity index is 4.13. The monoisotopic (exact) mass is 1160 g/mol. The normalized spacial score (nSPS) is 12.7. The van der Waals surface area contributed by atoms with E-state index in [9.17, 15) is 14.4 Å². The molecule has 0 aromatic rings. The number of hydrogen-bond donors (Lipinski definition) is 0. The topological polar surface area (TPSA) is 78.9 Å². The SMILES string of the molecule is CC/C=C\C/C=C\C/C=C\C/C=C\C/C=C\C/C=C\C/C=C\C/C=C\CCCCCCCCCCC(=O)OCC(COC(=O)CCCCCCCCCC)OC(=O)CCCCCCCCCCCCCCCCCCCCCCCCCC. The number of carbonyl (C=O) groups excluding carboxylic acids is 3. The van der Waals surface area contributed by atoms with Gasteiger partial charge in [0.1, 0.15) is 13.2 Å². The molecule has 0 N–H and O–H groups in total. The van der Waals surface area contributed by atoms with Gasteiger partial charge in [0.25, 0.3) is 0 Å². The van der Waals surface area contributed by atoms with E-state index in [4.69, 9.17) is 14.2 Å². The summed E-state index contributed by atoms with van der Waals surface area (Å²) in [6.45, 7) is 6.54. The zero-order chi connectivity index (χ0) is 59.9. The van der Waals surface area contributed by atoms with Gasteiger partial charge in [-0.05, 0) is 83.5 Å². The van der Waals surface area contributed by atoms with Gasteiger partial charge in [-0.15, -0.1) is 0 Å². The standard InChI is InChI=1S/C77H134O6/c1-4-7-10-13-16-19-21-23-25-27-29-31-33-35-36-37-38-39-40-41-42-43-45-46-48-50-52-54-56-58-61-64-67-70-76(79)82-73-74(72-81-75(78)69-66-63-60-18-15-12-9-6-3)83-77(80)71-68-65-62-59-57-55-53-51-49-47-44-34-32-30-28-26-24-22-20-17-14-11-8-5-2/h7,10,16,19,23,25,29,31,35-36,38-39,41-42,45-46,74H,4-6,8-9,11-15,17-18,20-22,24,26-28,30,32-34,37,40,43-44,47-73H2,1-3H3/b10-7-,19-16-,25-23-,31-29-,36-35-,39-38-,42-41-,46-45-. The molecule has 0 rings (SSSR count). The molecule has 0 spiro atoms. The first-order valence-corrected chi connectivity index (χ1v) is 35.7. The number of allylic oxidation sites excluding steroid dienone is 16. The van der Waals surface area contributed by atoms with E-state index < -0.39 is 6.10 Å². The molecular formula is C77H134O6. The van der Waals surface area contributed by atoms with Crippen molar-refractivity contribution in [2.24, 2.45) is 0 Å². The van der Waals surface area contributed by atoms with Crippen LogP contribution in [-0.4, -0.2) is 37.2 Å². The molecule has 0 saturated carbocycles. The molecular weight excluding hydrogens is 1020 g/mol. The predicted molar refractivity (Wildman–Crippen MR) is 362 cm³/mol. The minimum atomic E-state index is -0.778. The van der Waals surface area contributed by atoms with Gasteiger partial charge < -0.3 is 14.2 Å². The number of unbranched alkanes of at least 4 members (excludes halogenated alkanes) is 38. The molecule has 0 aliphatic rings. The van der Waals surface area contributed by atoms with E-state index in [2.05, 4.69) is 118 Å². The van der Waals surface area contributed by atoms with Crippen molar-refractivity contribution in [2.75, 3.05) is 13.2 Å².